The van der Waals surface area contributed by atoms with Crippen molar-refractivity contribution in [2.24, 2.45) is 0 Å². The molecule has 0 aliphatic rings. The molecule has 1 amide bonds. The molecule has 0 saturated heterocycles. The van der Waals surface area contributed by atoms with Gasteiger partial charge in [0.1, 0.15) is 0 Å². The maximum absolute atomic E-state index is 11.4. The molecule has 0 N–H and O–H groups in total. The van der Waals surface area contributed by atoms with Gasteiger partial charge in [-0.3, -0.25) is 9.63 Å². The third-order valence-electron chi connectivity index (χ3n) is 2.23. The van der Waals surface area contributed by atoms with Gasteiger partial charge in [-0.25, -0.2) is 5.06 Å². The molecule has 1 aromatic carbocycles. The Morgan fingerprint density at radius 3 is 2.69 bits per heavy atom. The van der Waals surface area contributed by atoms with E-state index in [1.165, 1.54) is 17.7 Å². The Morgan fingerprint density at radius 1 is 1.38 bits per heavy atom. The number of hydroxylamine groups is 2. The van der Waals surface area contributed by atoms with Crippen LogP contribution in [0.2, 0.25) is 0 Å². The van der Waals surface area contributed by atoms with Gasteiger partial charge >= 0.3 is 0 Å². The van der Waals surface area contributed by atoms with Gasteiger partial charge in [0.2, 0.25) is 0 Å². The summed E-state index contributed by atoms with van der Waals surface area (Å²) in [6.07, 6.45) is 0.996. The van der Waals surface area contributed by atoms with E-state index in [9.17, 15) is 4.79 Å². The van der Waals surface area contributed by atoms with E-state index >= 15 is 0 Å². The zero-order chi connectivity index (χ0) is 11.8. The molecule has 0 heterocycles. The van der Waals surface area contributed by atoms with Crippen molar-refractivity contribution in [3.05, 3.63) is 35.9 Å². The molecular weight excluding hydrogens is 222 g/mol. The normalized spacial score (nSPS) is 10.1. The van der Waals surface area contributed by atoms with Crippen LogP contribution in [0.25, 0.3) is 0 Å². The van der Waals surface area contributed by atoms with Gasteiger partial charge in [0, 0.05) is 7.05 Å². The van der Waals surface area contributed by atoms with Crippen molar-refractivity contribution in [1.82, 2.24) is 5.06 Å². The van der Waals surface area contributed by atoms with Gasteiger partial charge in [-0.1, -0.05) is 30.3 Å². The fraction of sp³-hybridized carbons (Fsp3) is 0.417. The second kappa shape index (κ2) is 7.30. The molecule has 16 heavy (non-hydrogen) atoms. The van der Waals surface area contributed by atoms with Gasteiger partial charge < -0.3 is 0 Å². The lowest BCUT2D eigenvalue weighted by atomic mass is 10.2. The number of aryl methyl sites for hydroxylation is 1. The summed E-state index contributed by atoms with van der Waals surface area (Å²) in [5.74, 6) is 1.42. The van der Waals surface area contributed by atoms with Crippen LogP contribution < -0.4 is 0 Å². The molecule has 0 bridgehead atoms. The van der Waals surface area contributed by atoms with Gasteiger partial charge in [-0.05, 0) is 17.7 Å². The first-order chi connectivity index (χ1) is 7.74. The van der Waals surface area contributed by atoms with Crippen LogP contribution in [-0.4, -0.2) is 36.6 Å². The van der Waals surface area contributed by atoms with Crippen LogP contribution in [0, 0.1) is 0 Å². The number of nitrogens with zero attached hydrogens (tertiary/aromatic N) is 1. The number of carbonyl (C=O) groups excluding carboxylic acids is 1. The summed E-state index contributed by atoms with van der Waals surface area (Å²) in [7, 11) is 3.12. The lowest BCUT2D eigenvalue weighted by Crippen LogP contribution is -2.27. The number of carbonyl (C=O) groups is 1. The number of amides is 1. The lowest BCUT2D eigenvalue weighted by Gasteiger charge is -2.12. The standard InChI is InChI=1S/C12H17NO2S/c1-13(15-2)12(14)10-16-9-8-11-6-4-3-5-7-11/h3-7H,8-10H2,1-2H3. The highest BCUT2D eigenvalue weighted by atomic mass is 32.2. The smallest absolute Gasteiger partial charge is 0.255 e. The number of hydrogen-bond acceptors (Lipinski definition) is 3. The minimum atomic E-state index is 0.000520. The molecular formula is C12H17NO2S. The minimum Gasteiger partial charge on any atom is -0.275 e. The summed E-state index contributed by atoms with van der Waals surface area (Å²) >= 11 is 1.63. The van der Waals surface area contributed by atoms with Gasteiger partial charge in [-0.15, -0.1) is 0 Å². The summed E-state index contributed by atoms with van der Waals surface area (Å²) in [5, 5.41) is 1.26. The van der Waals surface area contributed by atoms with Crippen molar-refractivity contribution in [1.29, 1.82) is 0 Å². The Morgan fingerprint density at radius 2 is 2.06 bits per heavy atom. The molecule has 0 radical (unpaired) electrons. The number of benzene rings is 1. The van der Waals surface area contributed by atoms with E-state index in [2.05, 4.69) is 12.1 Å². The van der Waals surface area contributed by atoms with Crippen LogP contribution in [-0.2, 0) is 16.1 Å². The minimum absolute atomic E-state index is 0.000520. The zero-order valence-corrected chi connectivity index (χ0v) is 10.5. The highest BCUT2D eigenvalue weighted by Gasteiger charge is 2.06. The molecule has 0 aromatic heterocycles. The third kappa shape index (κ3) is 4.68. The van der Waals surface area contributed by atoms with E-state index in [0.29, 0.717) is 5.75 Å². The van der Waals surface area contributed by atoms with Crippen LogP contribution in [0.4, 0.5) is 0 Å². The maximum atomic E-state index is 11.4. The van der Waals surface area contributed by atoms with Crippen molar-refractivity contribution >= 4 is 17.7 Å². The molecule has 0 saturated carbocycles. The van der Waals surface area contributed by atoms with Crippen molar-refractivity contribution in [3.8, 4) is 0 Å². The summed E-state index contributed by atoms with van der Waals surface area (Å²) < 4.78 is 0. The van der Waals surface area contributed by atoms with Crippen LogP contribution in [0.5, 0.6) is 0 Å². The predicted octanol–water partition coefficient (Wildman–Crippen LogP) is 1.98. The molecule has 0 aliphatic heterocycles. The number of rotatable bonds is 6. The molecule has 0 unspecified atom stereocenters. The first-order valence-electron chi connectivity index (χ1n) is 5.16. The van der Waals surface area contributed by atoms with E-state index in [0.717, 1.165) is 12.2 Å². The zero-order valence-electron chi connectivity index (χ0n) is 9.68. The van der Waals surface area contributed by atoms with Gasteiger partial charge in [0.25, 0.3) is 5.91 Å². The Bertz CT molecular complexity index is 316. The maximum Gasteiger partial charge on any atom is 0.255 e. The summed E-state index contributed by atoms with van der Waals surface area (Å²) in [4.78, 5) is 16.2. The summed E-state index contributed by atoms with van der Waals surface area (Å²) in [6, 6.07) is 10.3. The van der Waals surface area contributed by atoms with Crippen LogP contribution in [0.1, 0.15) is 5.56 Å². The van der Waals surface area contributed by atoms with Crippen LogP contribution >= 0.6 is 11.8 Å². The molecule has 1 aromatic rings. The molecule has 88 valence electrons. The van der Waals surface area contributed by atoms with E-state index < -0.39 is 0 Å². The Kier molecular flexibility index (Phi) is 5.96. The average molecular weight is 239 g/mol. The Hall–Kier alpha value is -1.00. The van der Waals surface area contributed by atoms with E-state index in [1.807, 2.05) is 18.2 Å². The lowest BCUT2D eigenvalue weighted by molar-refractivity contribution is -0.165. The number of thioether (sulfide) groups is 1. The molecule has 1 rings (SSSR count). The van der Waals surface area contributed by atoms with Gasteiger partial charge in [0.15, 0.2) is 0 Å². The van der Waals surface area contributed by atoms with Crippen molar-refractivity contribution < 1.29 is 9.63 Å². The first kappa shape index (κ1) is 13.1. The molecule has 0 atom stereocenters. The SMILES string of the molecule is CON(C)C(=O)CSCCc1ccccc1. The van der Waals surface area contributed by atoms with Crippen LogP contribution in [0.3, 0.4) is 0 Å². The highest BCUT2D eigenvalue weighted by molar-refractivity contribution is 7.99. The van der Waals surface area contributed by atoms with Crippen LogP contribution in [0.15, 0.2) is 30.3 Å². The molecule has 3 nitrogen and oxygen atoms in total. The summed E-state index contributed by atoms with van der Waals surface area (Å²) in [6.45, 7) is 0. The van der Waals surface area contributed by atoms with Crippen molar-refractivity contribution in [3.63, 3.8) is 0 Å². The summed E-state index contributed by atoms with van der Waals surface area (Å²) in [5.41, 5.74) is 1.31. The largest absolute Gasteiger partial charge is 0.275 e. The monoisotopic (exact) mass is 239 g/mol. The average Bonchev–Trinajstić information content (AvgIpc) is 2.34. The molecule has 0 spiro atoms. The fourth-order valence-electron chi connectivity index (χ4n) is 1.19. The molecule has 0 aliphatic carbocycles. The van der Waals surface area contributed by atoms with Crippen molar-refractivity contribution in [2.45, 2.75) is 6.42 Å². The Balaban J connectivity index is 2.15. The first-order valence-corrected chi connectivity index (χ1v) is 6.32. The number of hydrogen-bond donors (Lipinski definition) is 0. The molecule has 4 heteroatoms. The van der Waals surface area contributed by atoms with E-state index in [4.69, 9.17) is 4.84 Å². The second-order valence-corrected chi connectivity index (χ2v) is 4.47. The highest BCUT2D eigenvalue weighted by Crippen LogP contribution is 2.07. The van der Waals surface area contributed by atoms with E-state index in [1.54, 1.807) is 18.8 Å². The topological polar surface area (TPSA) is 29.5 Å². The Labute approximate surface area is 101 Å². The van der Waals surface area contributed by atoms with Crippen molar-refractivity contribution in [2.75, 3.05) is 25.7 Å². The third-order valence-corrected chi connectivity index (χ3v) is 3.17. The quantitative estimate of drug-likeness (QED) is 0.561. The molecule has 0 fully saturated rings. The van der Waals surface area contributed by atoms with Gasteiger partial charge in [0.05, 0.1) is 12.9 Å². The van der Waals surface area contributed by atoms with E-state index in [-0.39, 0.29) is 5.91 Å². The predicted molar refractivity (Wildman–Crippen MR) is 67.3 cm³/mol. The fourth-order valence-corrected chi connectivity index (χ4v) is 2.07. The van der Waals surface area contributed by atoms with Gasteiger partial charge in [-0.2, -0.15) is 11.8 Å². The second-order valence-electron chi connectivity index (χ2n) is 3.36.